The first-order chi connectivity index (χ1) is 10.2. The highest BCUT2D eigenvalue weighted by molar-refractivity contribution is 5.95. The van der Waals surface area contributed by atoms with Crippen LogP contribution >= 0.6 is 0 Å². The molecule has 0 fully saturated rings. The number of carboxylic acids is 1. The van der Waals surface area contributed by atoms with Crippen LogP contribution < -0.4 is 14.4 Å². The number of hydrogen-bond donors (Lipinski definition) is 1. The summed E-state index contributed by atoms with van der Waals surface area (Å²) < 4.78 is 10.7. The maximum Gasteiger partial charge on any atom is 0.323 e. The Labute approximate surface area is 121 Å². The molecule has 2 aromatic rings. The van der Waals surface area contributed by atoms with Crippen molar-refractivity contribution in [2.45, 2.75) is 0 Å². The molecule has 1 aliphatic heterocycles. The van der Waals surface area contributed by atoms with E-state index in [0.29, 0.717) is 23.9 Å². The van der Waals surface area contributed by atoms with E-state index in [2.05, 4.69) is 11.6 Å². The SMILES string of the molecule is C=CCN(CC(=O)O)c1nccc2cc3c(cc12)OCO3. The van der Waals surface area contributed by atoms with Crippen molar-refractivity contribution in [2.75, 3.05) is 24.8 Å². The van der Waals surface area contributed by atoms with Crippen molar-refractivity contribution in [3.63, 3.8) is 0 Å². The van der Waals surface area contributed by atoms with Gasteiger partial charge < -0.3 is 19.5 Å². The van der Waals surface area contributed by atoms with Gasteiger partial charge in [0.15, 0.2) is 11.5 Å². The second kappa shape index (κ2) is 5.32. The summed E-state index contributed by atoms with van der Waals surface area (Å²) in [5, 5.41) is 10.8. The number of rotatable bonds is 5. The first-order valence-electron chi connectivity index (χ1n) is 6.45. The van der Waals surface area contributed by atoms with Gasteiger partial charge in [0, 0.05) is 18.1 Å². The minimum Gasteiger partial charge on any atom is -0.480 e. The van der Waals surface area contributed by atoms with Crippen LogP contribution in [0, 0.1) is 0 Å². The Morgan fingerprint density at radius 2 is 2.19 bits per heavy atom. The third-order valence-electron chi connectivity index (χ3n) is 3.21. The molecule has 0 aliphatic carbocycles. The van der Waals surface area contributed by atoms with Gasteiger partial charge in [0.1, 0.15) is 12.4 Å². The molecule has 0 amide bonds. The third-order valence-corrected chi connectivity index (χ3v) is 3.21. The highest BCUT2D eigenvalue weighted by atomic mass is 16.7. The average Bonchev–Trinajstić information content (AvgIpc) is 2.90. The highest BCUT2D eigenvalue weighted by Crippen LogP contribution is 2.38. The summed E-state index contributed by atoms with van der Waals surface area (Å²) in [6.45, 7) is 4.11. The van der Waals surface area contributed by atoms with Gasteiger partial charge in [0.05, 0.1) is 0 Å². The number of fused-ring (bicyclic) bond motifs is 2. The summed E-state index contributed by atoms with van der Waals surface area (Å²) in [5.41, 5.74) is 0. The molecule has 0 atom stereocenters. The van der Waals surface area contributed by atoms with E-state index in [1.54, 1.807) is 17.2 Å². The number of anilines is 1. The smallest absolute Gasteiger partial charge is 0.323 e. The van der Waals surface area contributed by atoms with Gasteiger partial charge in [0.25, 0.3) is 0 Å². The van der Waals surface area contributed by atoms with Crippen molar-refractivity contribution in [3.8, 4) is 11.5 Å². The number of ether oxygens (including phenoxy) is 2. The maximum absolute atomic E-state index is 11.0. The van der Waals surface area contributed by atoms with E-state index in [4.69, 9.17) is 14.6 Å². The van der Waals surface area contributed by atoms with E-state index in [1.165, 1.54) is 0 Å². The quantitative estimate of drug-likeness (QED) is 0.848. The second-order valence-electron chi connectivity index (χ2n) is 4.62. The summed E-state index contributed by atoms with van der Waals surface area (Å²) in [6.07, 6.45) is 3.30. The predicted octanol–water partition coefficient (Wildman–Crippen LogP) is 2.04. The lowest BCUT2D eigenvalue weighted by molar-refractivity contribution is -0.135. The van der Waals surface area contributed by atoms with Gasteiger partial charge >= 0.3 is 5.97 Å². The molecule has 1 aromatic carbocycles. The fourth-order valence-electron chi connectivity index (χ4n) is 2.34. The molecule has 21 heavy (non-hydrogen) atoms. The monoisotopic (exact) mass is 286 g/mol. The fraction of sp³-hybridized carbons (Fsp3) is 0.200. The Balaban J connectivity index is 2.12. The lowest BCUT2D eigenvalue weighted by Crippen LogP contribution is -2.30. The van der Waals surface area contributed by atoms with E-state index in [9.17, 15) is 4.79 Å². The molecule has 6 heteroatoms. The number of pyridine rings is 1. The number of nitrogens with zero attached hydrogens (tertiary/aromatic N) is 2. The average molecular weight is 286 g/mol. The Morgan fingerprint density at radius 1 is 1.43 bits per heavy atom. The molecular weight excluding hydrogens is 272 g/mol. The zero-order chi connectivity index (χ0) is 14.8. The van der Waals surface area contributed by atoms with Gasteiger partial charge in [-0.2, -0.15) is 0 Å². The molecule has 0 saturated heterocycles. The molecule has 0 saturated carbocycles. The van der Waals surface area contributed by atoms with Gasteiger partial charge in [-0.3, -0.25) is 4.79 Å². The van der Waals surface area contributed by atoms with Gasteiger partial charge in [0.2, 0.25) is 6.79 Å². The topological polar surface area (TPSA) is 71.9 Å². The van der Waals surface area contributed by atoms with Crippen LogP contribution in [0.5, 0.6) is 11.5 Å². The van der Waals surface area contributed by atoms with E-state index in [1.807, 2.05) is 18.2 Å². The fourth-order valence-corrected chi connectivity index (χ4v) is 2.34. The summed E-state index contributed by atoms with van der Waals surface area (Å²) >= 11 is 0. The van der Waals surface area contributed by atoms with Crippen molar-refractivity contribution in [1.82, 2.24) is 4.98 Å². The van der Waals surface area contributed by atoms with E-state index in [-0.39, 0.29) is 13.3 Å². The van der Waals surface area contributed by atoms with Crippen LogP contribution in [0.3, 0.4) is 0 Å². The highest BCUT2D eigenvalue weighted by Gasteiger charge is 2.19. The van der Waals surface area contributed by atoms with Crippen LogP contribution in [-0.2, 0) is 4.79 Å². The number of carbonyl (C=O) groups is 1. The van der Waals surface area contributed by atoms with Crippen molar-refractivity contribution < 1.29 is 19.4 Å². The van der Waals surface area contributed by atoms with Crippen LogP contribution in [0.4, 0.5) is 5.82 Å². The standard InChI is InChI=1S/C15H14N2O4/c1-2-5-17(8-14(18)19)15-11-7-13-12(20-9-21-13)6-10(11)3-4-16-15/h2-4,6-7H,1,5,8-9H2,(H,18,19). The molecule has 2 heterocycles. The second-order valence-corrected chi connectivity index (χ2v) is 4.62. The van der Waals surface area contributed by atoms with Gasteiger partial charge in [-0.25, -0.2) is 4.98 Å². The summed E-state index contributed by atoms with van der Waals surface area (Å²) in [4.78, 5) is 17.0. The Hall–Kier alpha value is -2.76. The van der Waals surface area contributed by atoms with Gasteiger partial charge in [-0.15, -0.1) is 6.58 Å². The minimum atomic E-state index is -0.920. The number of benzene rings is 1. The lowest BCUT2D eigenvalue weighted by atomic mass is 10.1. The van der Waals surface area contributed by atoms with Crippen molar-refractivity contribution in [1.29, 1.82) is 0 Å². The Morgan fingerprint density at radius 3 is 2.90 bits per heavy atom. The molecule has 1 N–H and O–H groups in total. The first kappa shape index (κ1) is 13.2. The third kappa shape index (κ3) is 2.47. The first-order valence-corrected chi connectivity index (χ1v) is 6.45. The zero-order valence-electron chi connectivity index (χ0n) is 11.3. The largest absolute Gasteiger partial charge is 0.480 e. The van der Waals surface area contributed by atoms with Gasteiger partial charge in [-0.1, -0.05) is 6.08 Å². The van der Waals surface area contributed by atoms with Crippen LogP contribution in [0.1, 0.15) is 0 Å². The number of hydrogen-bond acceptors (Lipinski definition) is 5. The summed E-state index contributed by atoms with van der Waals surface area (Å²) in [6, 6.07) is 5.56. The van der Waals surface area contributed by atoms with E-state index >= 15 is 0 Å². The molecule has 108 valence electrons. The van der Waals surface area contributed by atoms with Gasteiger partial charge in [-0.05, 0) is 23.6 Å². The zero-order valence-corrected chi connectivity index (χ0v) is 11.3. The predicted molar refractivity (Wildman–Crippen MR) is 77.9 cm³/mol. The normalized spacial score (nSPS) is 12.4. The number of carboxylic acid groups (broad SMARTS) is 1. The molecule has 6 nitrogen and oxygen atoms in total. The summed E-state index contributed by atoms with van der Waals surface area (Å²) in [5.74, 6) is 1.00. The molecule has 1 aromatic heterocycles. The maximum atomic E-state index is 11.0. The Kier molecular flexibility index (Phi) is 3.35. The minimum absolute atomic E-state index is 0.146. The van der Waals surface area contributed by atoms with Crippen molar-refractivity contribution >= 4 is 22.6 Å². The molecule has 1 aliphatic rings. The molecule has 0 spiro atoms. The molecule has 3 rings (SSSR count). The lowest BCUT2D eigenvalue weighted by Gasteiger charge is -2.21. The van der Waals surface area contributed by atoms with Crippen LogP contribution in [0.15, 0.2) is 37.1 Å². The van der Waals surface area contributed by atoms with Crippen LogP contribution in [0.2, 0.25) is 0 Å². The van der Waals surface area contributed by atoms with Crippen molar-refractivity contribution in [3.05, 3.63) is 37.1 Å². The number of aliphatic carboxylic acids is 1. The van der Waals surface area contributed by atoms with E-state index < -0.39 is 5.97 Å². The van der Waals surface area contributed by atoms with E-state index in [0.717, 1.165) is 10.8 Å². The molecular formula is C15H14N2O4. The molecule has 0 unspecified atom stereocenters. The molecule has 0 radical (unpaired) electrons. The van der Waals surface area contributed by atoms with Crippen molar-refractivity contribution in [2.24, 2.45) is 0 Å². The summed E-state index contributed by atoms with van der Waals surface area (Å²) in [7, 11) is 0. The molecule has 0 bridgehead atoms. The Bertz CT molecular complexity index is 714. The number of aromatic nitrogens is 1. The van der Waals surface area contributed by atoms with Crippen LogP contribution in [0.25, 0.3) is 10.8 Å². The van der Waals surface area contributed by atoms with Crippen LogP contribution in [-0.4, -0.2) is 35.9 Å².